The highest BCUT2D eigenvalue weighted by Gasteiger charge is 2.18. The van der Waals surface area contributed by atoms with Gasteiger partial charge in [0.15, 0.2) is 11.5 Å². The molecule has 0 radical (unpaired) electrons. The van der Waals surface area contributed by atoms with Gasteiger partial charge in [0.25, 0.3) is 0 Å². The Balaban J connectivity index is 2.11. The molecule has 3 heteroatoms. The summed E-state index contributed by atoms with van der Waals surface area (Å²) in [6.45, 7) is 9.03. The first-order chi connectivity index (χ1) is 9.74. The lowest BCUT2D eigenvalue weighted by molar-refractivity contribution is 0.171. The molecular formula is C17H27NO2. The van der Waals surface area contributed by atoms with Crippen molar-refractivity contribution in [2.45, 2.75) is 46.1 Å². The maximum atomic E-state index is 5.69. The second-order valence-corrected chi connectivity index (χ2v) is 5.64. The fraction of sp³-hybridized carbons (Fsp3) is 0.647. The predicted octanol–water partition coefficient (Wildman–Crippen LogP) is 3.93. The lowest BCUT2D eigenvalue weighted by Gasteiger charge is -2.24. The predicted molar refractivity (Wildman–Crippen MR) is 82.5 cm³/mol. The van der Waals surface area contributed by atoms with Crippen molar-refractivity contribution in [3.8, 4) is 11.5 Å². The van der Waals surface area contributed by atoms with Crippen LogP contribution in [0.25, 0.3) is 0 Å². The van der Waals surface area contributed by atoms with Crippen molar-refractivity contribution < 1.29 is 9.47 Å². The zero-order chi connectivity index (χ0) is 14.4. The molecule has 0 saturated heterocycles. The minimum atomic E-state index is 0.400. The lowest BCUT2D eigenvalue weighted by atomic mass is 9.92. The molecule has 2 atom stereocenters. The van der Waals surface area contributed by atoms with Gasteiger partial charge in [0, 0.05) is 6.04 Å². The molecule has 1 aromatic carbocycles. The van der Waals surface area contributed by atoms with Crippen LogP contribution in [0, 0.1) is 5.92 Å². The summed E-state index contributed by atoms with van der Waals surface area (Å²) in [4.78, 5) is 0. The van der Waals surface area contributed by atoms with E-state index < -0.39 is 0 Å². The van der Waals surface area contributed by atoms with Gasteiger partial charge >= 0.3 is 0 Å². The molecule has 1 aliphatic heterocycles. The van der Waals surface area contributed by atoms with Crippen molar-refractivity contribution >= 4 is 0 Å². The van der Waals surface area contributed by atoms with Crippen molar-refractivity contribution in [1.29, 1.82) is 0 Å². The van der Waals surface area contributed by atoms with Gasteiger partial charge in [0.05, 0.1) is 0 Å². The Kier molecular flexibility index (Phi) is 5.72. The molecule has 0 fully saturated rings. The molecular weight excluding hydrogens is 250 g/mol. The Morgan fingerprint density at radius 2 is 1.90 bits per heavy atom. The van der Waals surface area contributed by atoms with Gasteiger partial charge in [-0.25, -0.2) is 0 Å². The van der Waals surface area contributed by atoms with Crippen LogP contribution < -0.4 is 14.8 Å². The van der Waals surface area contributed by atoms with Gasteiger partial charge in [0.2, 0.25) is 0 Å². The van der Waals surface area contributed by atoms with Crippen LogP contribution in [0.3, 0.4) is 0 Å². The van der Waals surface area contributed by atoms with E-state index in [0.29, 0.717) is 19.3 Å². The lowest BCUT2D eigenvalue weighted by Crippen LogP contribution is -2.23. The van der Waals surface area contributed by atoms with Gasteiger partial charge < -0.3 is 14.8 Å². The standard InChI is InChI=1S/C17H27NO2/c1-4-6-13(3)11-15(18-5-2)14-7-8-16-17(12-14)20-10-9-19-16/h7-8,12-13,15,18H,4-6,9-11H2,1-3H3. The number of hydrogen-bond acceptors (Lipinski definition) is 3. The summed E-state index contributed by atoms with van der Waals surface area (Å²) in [6, 6.07) is 6.75. The largest absolute Gasteiger partial charge is 0.486 e. The van der Waals surface area contributed by atoms with Crippen LogP contribution in [0.5, 0.6) is 11.5 Å². The molecule has 0 saturated carbocycles. The van der Waals surface area contributed by atoms with Crippen molar-refractivity contribution in [3.63, 3.8) is 0 Å². The second kappa shape index (κ2) is 7.53. The van der Waals surface area contributed by atoms with Crippen LogP contribution in [0.1, 0.15) is 51.6 Å². The topological polar surface area (TPSA) is 30.5 Å². The quantitative estimate of drug-likeness (QED) is 0.819. The molecule has 1 heterocycles. The molecule has 112 valence electrons. The molecule has 0 aliphatic carbocycles. The number of fused-ring (bicyclic) bond motifs is 1. The van der Waals surface area contributed by atoms with E-state index in [9.17, 15) is 0 Å². The molecule has 0 aromatic heterocycles. The van der Waals surface area contributed by atoms with Gasteiger partial charge in [-0.3, -0.25) is 0 Å². The SMILES string of the molecule is CCCC(C)CC(NCC)c1ccc2c(c1)OCCO2. The summed E-state index contributed by atoms with van der Waals surface area (Å²) in [5.74, 6) is 2.49. The molecule has 0 spiro atoms. The van der Waals surface area contributed by atoms with Crippen LogP contribution in [0.4, 0.5) is 0 Å². The van der Waals surface area contributed by atoms with Crippen molar-refractivity contribution in [3.05, 3.63) is 23.8 Å². The van der Waals surface area contributed by atoms with Crippen LogP contribution in [0.2, 0.25) is 0 Å². The van der Waals surface area contributed by atoms with Crippen molar-refractivity contribution in [1.82, 2.24) is 5.32 Å². The monoisotopic (exact) mass is 277 g/mol. The molecule has 1 aromatic rings. The van der Waals surface area contributed by atoms with E-state index in [0.717, 1.165) is 24.0 Å². The van der Waals surface area contributed by atoms with Gasteiger partial charge in [0.1, 0.15) is 13.2 Å². The normalized spacial score (nSPS) is 16.8. The molecule has 2 unspecified atom stereocenters. The summed E-state index contributed by atoms with van der Waals surface area (Å²) in [7, 11) is 0. The van der Waals surface area contributed by atoms with E-state index in [1.807, 2.05) is 6.07 Å². The van der Waals surface area contributed by atoms with Crippen LogP contribution in [-0.4, -0.2) is 19.8 Å². The first kappa shape index (κ1) is 15.2. The second-order valence-electron chi connectivity index (χ2n) is 5.64. The highest BCUT2D eigenvalue weighted by molar-refractivity contribution is 5.44. The van der Waals surface area contributed by atoms with E-state index in [1.54, 1.807) is 0 Å². The first-order valence-corrected chi connectivity index (χ1v) is 7.87. The zero-order valence-electron chi connectivity index (χ0n) is 12.9. The maximum absolute atomic E-state index is 5.69. The maximum Gasteiger partial charge on any atom is 0.161 e. The Morgan fingerprint density at radius 1 is 1.15 bits per heavy atom. The smallest absolute Gasteiger partial charge is 0.161 e. The highest BCUT2D eigenvalue weighted by Crippen LogP contribution is 2.34. The minimum absolute atomic E-state index is 0.400. The van der Waals surface area contributed by atoms with E-state index in [2.05, 4.69) is 38.2 Å². The van der Waals surface area contributed by atoms with E-state index in [4.69, 9.17) is 9.47 Å². The molecule has 0 amide bonds. The van der Waals surface area contributed by atoms with Crippen LogP contribution in [-0.2, 0) is 0 Å². The number of nitrogens with one attached hydrogen (secondary N) is 1. The summed E-state index contributed by atoms with van der Waals surface area (Å²) in [6.07, 6.45) is 3.70. The molecule has 20 heavy (non-hydrogen) atoms. The summed E-state index contributed by atoms with van der Waals surface area (Å²) in [5, 5.41) is 3.60. The van der Waals surface area contributed by atoms with E-state index in [1.165, 1.54) is 24.8 Å². The van der Waals surface area contributed by atoms with Crippen LogP contribution in [0.15, 0.2) is 18.2 Å². The fourth-order valence-corrected chi connectivity index (χ4v) is 2.87. The third-order valence-electron chi connectivity index (χ3n) is 3.84. The van der Waals surface area contributed by atoms with Gasteiger partial charge in [-0.05, 0) is 36.6 Å². The minimum Gasteiger partial charge on any atom is -0.486 e. The summed E-state index contributed by atoms with van der Waals surface area (Å²) in [5.41, 5.74) is 1.30. The highest BCUT2D eigenvalue weighted by atomic mass is 16.6. The average molecular weight is 277 g/mol. The Hall–Kier alpha value is -1.22. The molecule has 1 N–H and O–H groups in total. The third kappa shape index (κ3) is 3.89. The molecule has 0 bridgehead atoms. The zero-order valence-corrected chi connectivity index (χ0v) is 12.9. The Labute approximate surface area is 122 Å². The molecule has 3 nitrogen and oxygen atoms in total. The van der Waals surface area contributed by atoms with E-state index in [-0.39, 0.29) is 0 Å². The Morgan fingerprint density at radius 3 is 2.60 bits per heavy atom. The molecule has 1 aliphatic rings. The van der Waals surface area contributed by atoms with Gasteiger partial charge in [-0.15, -0.1) is 0 Å². The van der Waals surface area contributed by atoms with Gasteiger partial charge in [-0.1, -0.05) is 39.7 Å². The number of rotatable bonds is 7. The number of benzene rings is 1. The third-order valence-corrected chi connectivity index (χ3v) is 3.84. The van der Waals surface area contributed by atoms with Crippen LogP contribution >= 0.6 is 0 Å². The van der Waals surface area contributed by atoms with Crippen molar-refractivity contribution in [2.24, 2.45) is 5.92 Å². The number of hydrogen-bond donors (Lipinski definition) is 1. The van der Waals surface area contributed by atoms with E-state index >= 15 is 0 Å². The first-order valence-electron chi connectivity index (χ1n) is 7.87. The Bertz CT molecular complexity index is 419. The van der Waals surface area contributed by atoms with Gasteiger partial charge in [-0.2, -0.15) is 0 Å². The average Bonchev–Trinajstić information content (AvgIpc) is 2.46. The molecule has 2 rings (SSSR count). The number of ether oxygens (including phenoxy) is 2. The fourth-order valence-electron chi connectivity index (χ4n) is 2.87. The summed E-state index contributed by atoms with van der Waals surface area (Å²) >= 11 is 0. The van der Waals surface area contributed by atoms with Crippen molar-refractivity contribution in [2.75, 3.05) is 19.8 Å². The summed E-state index contributed by atoms with van der Waals surface area (Å²) < 4.78 is 11.3.